The molecule has 1 aromatic rings. The van der Waals surface area contributed by atoms with Gasteiger partial charge in [0.2, 0.25) is 0 Å². The molecule has 3 heteroatoms. The van der Waals surface area contributed by atoms with Crippen LogP contribution in [0.4, 0.5) is 0 Å². The number of rotatable bonds is 4. The maximum Gasteiger partial charge on any atom is 0.320 e. The highest BCUT2D eigenvalue weighted by atomic mass is 16.4. The summed E-state index contributed by atoms with van der Waals surface area (Å²) in [5.74, 6) is -0.0989. The third-order valence-electron chi connectivity index (χ3n) is 4.15. The van der Waals surface area contributed by atoms with Gasteiger partial charge in [0.1, 0.15) is 6.04 Å². The van der Waals surface area contributed by atoms with Crippen LogP contribution in [0.25, 0.3) is 0 Å². The van der Waals surface area contributed by atoms with Crippen LogP contribution < -0.4 is 0 Å². The lowest BCUT2D eigenvalue weighted by molar-refractivity contribution is -0.143. The maximum atomic E-state index is 11.3. The number of carbonyl (C=O) groups is 1. The molecule has 1 fully saturated rings. The number of carboxylic acids is 1. The van der Waals surface area contributed by atoms with E-state index in [0.717, 1.165) is 32.4 Å². The van der Waals surface area contributed by atoms with Crippen LogP contribution in [0.15, 0.2) is 30.3 Å². The molecule has 104 valence electrons. The molecule has 1 N–H and O–H groups in total. The summed E-state index contributed by atoms with van der Waals surface area (Å²) < 4.78 is 0. The second kappa shape index (κ2) is 6.71. The summed E-state index contributed by atoms with van der Waals surface area (Å²) >= 11 is 0. The molecule has 0 amide bonds. The lowest BCUT2D eigenvalue weighted by Crippen LogP contribution is -2.41. The van der Waals surface area contributed by atoms with E-state index in [9.17, 15) is 9.90 Å². The Kier molecular flexibility index (Phi) is 4.97. The van der Waals surface area contributed by atoms with E-state index in [1.807, 2.05) is 13.0 Å². The zero-order valence-corrected chi connectivity index (χ0v) is 11.6. The Balaban J connectivity index is 2.00. The highest BCUT2D eigenvalue weighted by molar-refractivity contribution is 5.73. The molecule has 1 heterocycles. The van der Waals surface area contributed by atoms with E-state index in [-0.39, 0.29) is 6.04 Å². The van der Waals surface area contributed by atoms with E-state index in [4.69, 9.17) is 0 Å². The van der Waals surface area contributed by atoms with E-state index in [0.29, 0.717) is 12.3 Å². The molecule has 1 aliphatic heterocycles. The van der Waals surface area contributed by atoms with Crippen molar-refractivity contribution in [3.05, 3.63) is 35.9 Å². The van der Waals surface area contributed by atoms with Crippen LogP contribution in [-0.4, -0.2) is 35.1 Å². The first-order chi connectivity index (χ1) is 9.22. The first kappa shape index (κ1) is 14.1. The van der Waals surface area contributed by atoms with Gasteiger partial charge in [-0.2, -0.15) is 0 Å². The quantitative estimate of drug-likeness (QED) is 0.905. The minimum atomic E-state index is -0.680. The number of carboxylic acid groups (broad SMARTS) is 1. The molecule has 0 radical (unpaired) electrons. The van der Waals surface area contributed by atoms with Gasteiger partial charge in [-0.15, -0.1) is 0 Å². The lowest BCUT2D eigenvalue weighted by atomic mass is 9.92. The van der Waals surface area contributed by atoms with Crippen LogP contribution >= 0.6 is 0 Å². The highest BCUT2D eigenvalue weighted by Gasteiger charge is 2.26. The summed E-state index contributed by atoms with van der Waals surface area (Å²) in [6, 6.07) is 10.3. The second-order valence-electron chi connectivity index (χ2n) is 5.34. The van der Waals surface area contributed by atoms with E-state index < -0.39 is 5.97 Å². The molecule has 1 aliphatic rings. The summed E-state index contributed by atoms with van der Waals surface area (Å²) in [4.78, 5) is 13.4. The molecule has 1 saturated heterocycles. The van der Waals surface area contributed by atoms with Gasteiger partial charge in [-0.3, -0.25) is 9.69 Å². The van der Waals surface area contributed by atoms with Crippen LogP contribution in [0.1, 0.15) is 44.1 Å². The summed E-state index contributed by atoms with van der Waals surface area (Å²) in [7, 11) is 0. The number of likely N-dealkylation sites (tertiary alicyclic amines) is 1. The molecule has 2 atom stereocenters. The van der Waals surface area contributed by atoms with Crippen molar-refractivity contribution < 1.29 is 9.90 Å². The Hall–Kier alpha value is -1.35. The number of nitrogens with zero attached hydrogens (tertiary/aromatic N) is 1. The van der Waals surface area contributed by atoms with E-state index in [1.165, 1.54) is 5.56 Å². The molecule has 1 aromatic carbocycles. The average Bonchev–Trinajstić information content (AvgIpc) is 2.66. The minimum absolute atomic E-state index is 0.311. The second-order valence-corrected chi connectivity index (χ2v) is 5.34. The van der Waals surface area contributed by atoms with Gasteiger partial charge in [0.25, 0.3) is 0 Å². The highest BCUT2D eigenvalue weighted by Crippen LogP contribution is 2.28. The Morgan fingerprint density at radius 1 is 1.32 bits per heavy atom. The molecule has 2 rings (SSSR count). The minimum Gasteiger partial charge on any atom is -0.480 e. The van der Waals surface area contributed by atoms with E-state index >= 15 is 0 Å². The molecule has 0 spiro atoms. The number of hydrogen-bond donors (Lipinski definition) is 1. The van der Waals surface area contributed by atoms with Gasteiger partial charge in [-0.25, -0.2) is 0 Å². The van der Waals surface area contributed by atoms with Gasteiger partial charge in [0, 0.05) is 0 Å². The molecular weight excluding hydrogens is 238 g/mol. The molecule has 0 aliphatic carbocycles. The van der Waals surface area contributed by atoms with Crippen molar-refractivity contribution in [2.45, 2.75) is 44.6 Å². The monoisotopic (exact) mass is 261 g/mol. The molecule has 3 nitrogen and oxygen atoms in total. The fourth-order valence-corrected chi connectivity index (χ4v) is 3.08. The van der Waals surface area contributed by atoms with Gasteiger partial charge < -0.3 is 5.11 Å². The fourth-order valence-electron chi connectivity index (χ4n) is 3.08. The largest absolute Gasteiger partial charge is 0.480 e. The number of benzene rings is 1. The Labute approximate surface area is 115 Å². The van der Waals surface area contributed by atoms with Gasteiger partial charge in [-0.05, 0) is 50.3 Å². The van der Waals surface area contributed by atoms with E-state index in [1.54, 1.807) is 0 Å². The summed E-state index contributed by atoms with van der Waals surface area (Å²) in [5, 5.41) is 9.26. The van der Waals surface area contributed by atoms with Crippen LogP contribution in [-0.2, 0) is 4.79 Å². The predicted octanol–water partition coefficient (Wildman–Crippen LogP) is 3.12. The summed E-state index contributed by atoms with van der Waals surface area (Å²) in [6.07, 6.45) is 4.00. The molecule has 0 bridgehead atoms. The van der Waals surface area contributed by atoms with Gasteiger partial charge in [0.05, 0.1) is 0 Å². The van der Waals surface area contributed by atoms with Crippen molar-refractivity contribution in [1.29, 1.82) is 0 Å². The van der Waals surface area contributed by atoms with Crippen molar-refractivity contribution in [3.8, 4) is 0 Å². The normalized spacial score (nSPS) is 22.7. The first-order valence-corrected chi connectivity index (χ1v) is 7.24. The smallest absolute Gasteiger partial charge is 0.320 e. The average molecular weight is 261 g/mol. The van der Waals surface area contributed by atoms with Gasteiger partial charge >= 0.3 is 5.97 Å². The van der Waals surface area contributed by atoms with Crippen molar-refractivity contribution in [2.75, 3.05) is 13.1 Å². The maximum absolute atomic E-state index is 11.3. The zero-order valence-electron chi connectivity index (χ0n) is 11.6. The van der Waals surface area contributed by atoms with E-state index in [2.05, 4.69) is 29.2 Å². The molecule has 0 saturated carbocycles. The van der Waals surface area contributed by atoms with Crippen LogP contribution in [0.5, 0.6) is 0 Å². The summed E-state index contributed by atoms with van der Waals surface area (Å²) in [6.45, 7) is 3.76. The van der Waals surface area contributed by atoms with Gasteiger partial charge in [0.15, 0.2) is 0 Å². The van der Waals surface area contributed by atoms with Crippen molar-refractivity contribution >= 4 is 5.97 Å². The molecule has 0 aromatic heterocycles. The molecule has 0 unspecified atom stereocenters. The third-order valence-corrected chi connectivity index (χ3v) is 4.15. The topological polar surface area (TPSA) is 40.5 Å². The first-order valence-electron chi connectivity index (χ1n) is 7.24. The Morgan fingerprint density at radius 2 is 2.05 bits per heavy atom. The molecular formula is C16H23NO2. The SMILES string of the molecule is CC[C@@H](C(=O)O)N1CCC[C@H](c2ccccc2)CC1. The van der Waals surface area contributed by atoms with Crippen molar-refractivity contribution in [1.82, 2.24) is 4.90 Å². The summed E-state index contributed by atoms with van der Waals surface area (Å²) in [5.41, 5.74) is 1.40. The molecule has 19 heavy (non-hydrogen) atoms. The fraction of sp³-hybridized carbons (Fsp3) is 0.562. The third kappa shape index (κ3) is 3.57. The van der Waals surface area contributed by atoms with Crippen LogP contribution in [0, 0.1) is 0 Å². The Bertz CT molecular complexity index is 404. The van der Waals surface area contributed by atoms with Crippen LogP contribution in [0.3, 0.4) is 0 Å². The standard InChI is InChI=1S/C16H23NO2/c1-2-15(16(18)19)17-11-6-9-14(10-12-17)13-7-4-3-5-8-13/h3-5,7-8,14-15H,2,6,9-12H2,1H3,(H,18,19)/t14-,15-/m0/s1. The number of aliphatic carboxylic acids is 1. The predicted molar refractivity (Wildman–Crippen MR) is 76.3 cm³/mol. The van der Waals surface area contributed by atoms with Crippen LogP contribution in [0.2, 0.25) is 0 Å². The number of hydrogen-bond acceptors (Lipinski definition) is 2. The Morgan fingerprint density at radius 3 is 2.68 bits per heavy atom. The lowest BCUT2D eigenvalue weighted by Gasteiger charge is -2.26. The van der Waals surface area contributed by atoms with Crippen molar-refractivity contribution in [3.63, 3.8) is 0 Å². The zero-order chi connectivity index (χ0) is 13.7. The van der Waals surface area contributed by atoms with Crippen molar-refractivity contribution in [2.24, 2.45) is 0 Å². The van der Waals surface area contributed by atoms with Gasteiger partial charge in [-0.1, -0.05) is 37.3 Å².